The first-order valence-electron chi connectivity index (χ1n) is 10.9. The number of amides is 1. The fraction of sp³-hybridized carbons (Fsp3) is 0.400. The third-order valence-corrected chi connectivity index (χ3v) is 5.61. The fourth-order valence-corrected chi connectivity index (χ4v) is 3.80. The second kappa shape index (κ2) is 8.92. The normalized spacial score (nSPS) is 14.6. The Hall–Kier alpha value is -3.15. The maximum absolute atomic E-state index is 13.5. The number of aromatic nitrogens is 2. The van der Waals surface area contributed by atoms with Gasteiger partial charge in [0.1, 0.15) is 5.75 Å². The van der Waals surface area contributed by atoms with Gasteiger partial charge in [0.05, 0.1) is 23.6 Å². The lowest BCUT2D eigenvalue weighted by atomic mass is 9.99. The highest BCUT2D eigenvalue weighted by molar-refractivity contribution is 5.91. The zero-order valence-corrected chi connectivity index (χ0v) is 18.3. The summed E-state index contributed by atoms with van der Waals surface area (Å²) in [5, 5.41) is 8.08. The molecule has 1 aliphatic rings. The zero-order valence-electron chi connectivity index (χ0n) is 18.3. The molecule has 31 heavy (non-hydrogen) atoms. The van der Waals surface area contributed by atoms with Crippen molar-refractivity contribution in [3.05, 3.63) is 70.1 Å². The molecule has 1 aliphatic carbocycles. The SMILES string of the molecule is CC(C)COc1cccc(CN(C(=O)[C@H](C)c2n[nH]c(=O)c3ccccc23)C2CC2)c1. The molecular formula is C25H29N3O3. The maximum Gasteiger partial charge on any atom is 0.272 e. The van der Waals surface area contributed by atoms with Crippen LogP contribution in [0.1, 0.15) is 50.8 Å². The van der Waals surface area contributed by atoms with Gasteiger partial charge in [0, 0.05) is 18.0 Å². The molecule has 4 rings (SSSR count). The molecule has 0 aliphatic heterocycles. The summed E-state index contributed by atoms with van der Waals surface area (Å²) in [5.41, 5.74) is 1.42. The predicted octanol–water partition coefficient (Wildman–Crippen LogP) is 4.25. The third kappa shape index (κ3) is 4.79. The summed E-state index contributed by atoms with van der Waals surface area (Å²) in [6.07, 6.45) is 2.03. The topological polar surface area (TPSA) is 75.3 Å². The summed E-state index contributed by atoms with van der Waals surface area (Å²) in [7, 11) is 0. The van der Waals surface area contributed by atoms with Crippen molar-refractivity contribution >= 4 is 16.7 Å². The average molecular weight is 420 g/mol. The van der Waals surface area contributed by atoms with Crippen molar-refractivity contribution in [1.82, 2.24) is 15.1 Å². The molecule has 1 heterocycles. The van der Waals surface area contributed by atoms with Gasteiger partial charge in [0.25, 0.3) is 5.56 Å². The van der Waals surface area contributed by atoms with Gasteiger partial charge in [-0.05, 0) is 49.4 Å². The monoisotopic (exact) mass is 419 g/mol. The number of benzene rings is 2. The highest BCUT2D eigenvalue weighted by Gasteiger charge is 2.36. The smallest absolute Gasteiger partial charge is 0.272 e. The Morgan fingerprint density at radius 3 is 2.58 bits per heavy atom. The Morgan fingerprint density at radius 2 is 1.87 bits per heavy atom. The van der Waals surface area contributed by atoms with Crippen LogP contribution in [0.4, 0.5) is 0 Å². The van der Waals surface area contributed by atoms with E-state index in [1.165, 1.54) is 0 Å². The minimum atomic E-state index is -0.456. The number of hydrogen-bond donors (Lipinski definition) is 1. The van der Waals surface area contributed by atoms with E-state index in [9.17, 15) is 9.59 Å². The van der Waals surface area contributed by atoms with E-state index in [1.807, 2.05) is 54.3 Å². The lowest BCUT2D eigenvalue weighted by Crippen LogP contribution is -2.36. The van der Waals surface area contributed by atoms with Crippen molar-refractivity contribution < 1.29 is 9.53 Å². The fourth-order valence-electron chi connectivity index (χ4n) is 3.80. The Morgan fingerprint density at radius 1 is 1.13 bits per heavy atom. The molecule has 6 nitrogen and oxygen atoms in total. The molecule has 1 aromatic heterocycles. The van der Waals surface area contributed by atoms with Crippen molar-refractivity contribution in [3.63, 3.8) is 0 Å². The summed E-state index contributed by atoms with van der Waals surface area (Å²) in [6, 6.07) is 15.5. The number of nitrogens with one attached hydrogen (secondary N) is 1. The Bertz CT molecular complexity index is 1130. The van der Waals surface area contributed by atoms with Gasteiger partial charge >= 0.3 is 0 Å². The van der Waals surface area contributed by atoms with Crippen LogP contribution in [0.25, 0.3) is 10.8 Å². The van der Waals surface area contributed by atoms with E-state index in [2.05, 4.69) is 24.0 Å². The van der Waals surface area contributed by atoms with E-state index < -0.39 is 5.92 Å². The molecule has 1 amide bonds. The molecule has 0 radical (unpaired) electrons. The number of fused-ring (bicyclic) bond motifs is 1. The van der Waals surface area contributed by atoms with E-state index in [0.717, 1.165) is 29.5 Å². The summed E-state index contributed by atoms with van der Waals surface area (Å²) in [4.78, 5) is 27.6. The lowest BCUT2D eigenvalue weighted by Gasteiger charge is -2.26. The first-order chi connectivity index (χ1) is 14.9. The number of aromatic amines is 1. The summed E-state index contributed by atoms with van der Waals surface area (Å²) in [5.74, 6) is 0.854. The standard InChI is InChI=1S/C25H29N3O3/c1-16(2)15-31-20-8-6-7-18(13-20)14-28(19-11-12-19)25(30)17(3)23-21-9-4-5-10-22(21)24(29)27-26-23/h4-10,13,16-17,19H,11-12,14-15H2,1-3H3,(H,27,29)/t17-/m1/s1. The molecular weight excluding hydrogens is 390 g/mol. The first-order valence-corrected chi connectivity index (χ1v) is 10.9. The van der Waals surface area contributed by atoms with Gasteiger partial charge in [0.2, 0.25) is 5.91 Å². The van der Waals surface area contributed by atoms with Gasteiger partial charge in [0.15, 0.2) is 0 Å². The number of carbonyl (C=O) groups is 1. The Kier molecular flexibility index (Phi) is 6.07. The van der Waals surface area contributed by atoms with Crippen LogP contribution in [0.5, 0.6) is 5.75 Å². The van der Waals surface area contributed by atoms with Crippen LogP contribution in [-0.2, 0) is 11.3 Å². The van der Waals surface area contributed by atoms with E-state index in [1.54, 1.807) is 6.07 Å². The van der Waals surface area contributed by atoms with Crippen molar-refractivity contribution in [2.75, 3.05) is 6.61 Å². The van der Waals surface area contributed by atoms with Crippen LogP contribution in [0.3, 0.4) is 0 Å². The van der Waals surface area contributed by atoms with Crippen molar-refractivity contribution in [2.24, 2.45) is 5.92 Å². The van der Waals surface area contributed by atoms with Gasteiger partial charge in [-0.25, -0.2) is 5.10 Å². The van der Waals surface area contributed by atoms with Crippen LogP contribution < -0.4 is 10.3 Å². The van der Waals surface area contributed by atoms with Crippen LogP contribution in [0, 0.1) is 5.92 Å². The average Bonchev–Trinajstić information content (AvgIpc) is 3.61. The molecule has 0 spiro atoms. The second-order valence-electron chi connectivity index (χ2n) is 8.75. The number of ether oxygens (including phenoxy) is 1. The molecule has 162 valence electrons. The summed E-state index contributed by atoms with van der Waals surface area (Å²) < 4.78 is 5.86. The van der Waals surface area contributed by atoms with Crippen molar-refractivity contribution in [3.8, 4) is 5.75 Å². The first kappa shape index (κ1) is 21.1. The maximum atomic E-state index is 13.5. The minimum absolute atomic E-state index is 0.0284. The van der Waals surface area contributed by atoms with Crippen LogP contribution in [0.15, 0.2) is 53.3 Å². The molecule has 1 fully saturated rings. The van der Waals surface area contributed by atoms with Crippen LogP contribution >= 0.6 is 0 Å². The molecule has 1 atom stereocenters. The van der Waals surface area contributed by atoms with E-state index in [4.69, 9.17) is 4.74 Å². The molecule has 6 heteroatoms. The van der Waals surface area contributed by atoms with E-state index in [0.29, 0.717) is 30.1 Å². The van der Waals surface area contributed by atoms with E-state index in [-0.39, 0.29) is 17.5 Å². The van der Waals surface area contributed by atoms with Gasteiger partial charge in [-0.15, -0.1) is 0 Å². The highest BCUT2D eigenvalue weighted by Crippen LogP contribution is 2.33. The van der Waals surface area contributed by atoms with Crippen LogP contribution in [-0.4, -0.2) is 33.7 Å². The number of H-pyrrole nitrogens is 1. The highest BCUT2D eigenvalue weighted by atomic mass is 16.5. The molecule has 3 aromatic rings. The Balaban J connectivity index is 1.57. The lowest BCUT2D eigenvalue weighted by molar-refractivity contribution is -0.133. The zero-order chi connectivity index (χ0) is 22.0. The van der Waals surface area contributed by atoms with Crippen molar-refractivity contribution in [2.45, 2.75) is 52.1 Å². The Labute approximate surface area is 182 Å². The number of rotatable bonds is 8. The largest absolute Gasteiger partial charge is 0.493 e. The van der Waals surface area contributed by atoms with Crippen molar-refractivity contribution in [1.29, 1.82) is 0 Å². The number of hydrogen-bond acceptors (Lipinski definition) is 4. The third-order valence-electron chi connectivity index (χ3n) is 5.61. The molecule has 0 saturated heterocycles. The van der Waals surface area contributed by atoms with Gasteiger partial charge < -0.3 is 9.64 Å². The summed E-state index contributed by atoms with van der Waals surface area (Å²) >= 11 is 0. The quantitative estimate of drug-likeness (QED) is 0.592. The second-order valence-corrected chi connectivity index (χ2v) is 8.75. The minimum Gasteiger partial charge on any atom is -0.493 e. The van der Waals surface area contributed by atoms with Gasteiger partial charge in [-0.2, -0.15) is 5.10 Å². The number of carbonyl (C=O) groups excluding carboxylic acids is 1. The molecule has 1 saturated carbocycles. The van der Waals surface area contributed by atoms with Gasteiger partial charge in [-0.3, -0.25) is 9.59 Å². The molecule has 0 bridgehead atoms. The van der Waals surface area contributed by atoms with Gasteiger partial charge in [-0.1, -0.05) is 44.2 Å². The molecule has 2 aromatic carbocycles. The van der Waals surface area contributed by atoms with Crippen LogP contribution in [0.2, 0.25) is 0 Å². The summed E-state index contributed by atoms with van der Waals surface area (Å²) in [6.45, 7) is 7.30. The number of nitrogens with zero attached hydrogens (tertiary/aromatic N) is 2. The predicted molar refractivity (Wildman–Crippen MR) is 121 cm³/mol. The van der Waals surface area contributed by atoms with E-state index >= 15 is 0 Å². The molecule has 1 N–H and O–H groups in total. The molecule has 0 unspecified atom stereocenters.